The van der Waals surface area contributed by atoms with Crippen LogP contribution in [0.5, 0.6) is 11.6 Å². The number of amides is 3. The highest BCUT2D eigenvalue weighted by molar-refractivity contribution is 7.59. The number of carbonyl (C=O) groups excluding carboxylic acids is 3. The van der Waals surface area contributed by atoms with Gasteiger partial charge in [0.05, 0.1) is 19.8 Å². The molecule has 6 atom stereocenters. The van der Waals surface area contributed by atoms with Crippen molar-refractivity contribution in [2.45, 2.75) is 95.0 Å². The first kappa shape index (κ1) is 37.4. The lowest BCUT2D eigenvalue weighted by atomic mass is 9.85. The molecule has 3 N–H and O–H groups in total. The van der Waals surface area contributed by atoms with Crippen molar-refractivity contribution in [2.24, 2.45) is 11.3 Å². The van der Waals surface area contributed by atoms with Gasteiger partial charge in [-0.1, -0.05) is 57.2 Å². The first-order valence-corrected chi connectivity index (χ1v) is 19.8. The number of ether oxygens (including phenoxy) is 3. The third-order valence-electron chi connectivity index (χ3n) is 10.5. The van der Waals surface area contributed by atoms with Crippen LogP contribution in [0.1, 0.15) is 64.9 Å². The molecule has 2 aromatic carbocycles. The van der Waals surface area contributed by atoms with E-state index in [0.717, 1.165) is 36.5 Å². The van der Waals surface area contributed by atoms with Crippen molar-refractivity contribution in [2.75, 3.05) is 13.7 Å². The van der Waals surface area contributed by atoms with Crippen LogP contribution < -0.4 is 20.1 Å². The van der Waals surface area contributed by atoms with E-state index in [1.807, 2.05) is 45.0 Å². The normalized spacial score (nSPS) is 24.8. The van der Waals surface area contributed by atoms with Crippen molar-refractivity contribution in [3.8, 4) is 11.6 Å². The lowest BCUT2D eigenvalue weighted by Gasteiger charge is -2.36. The summed E-state index contributed by atoms with van der Waals surface area (Å²) in [4.78, 5) is 59.5. The van der Waals surface area contributed by atoms with Gasteiger partial charge in [-0.3, -0.25) is 14.2 Å². The van der Waals surface area contributed by atoms with Crippen LogP contribution in [-0.2, 0) is 25.1 Å². The Bertz CT molecular complexity index is 1860. The standard InChI is InChI=1S/C39H49N4O8P/c1-6-27-22-39(27,52(47,48)24-25-12-8-7-9-13-25)42-34(44)32-21-30(50-35-31-17-16-29(49-5)20-26(31)18-19-40-35)23-43(32)36(45)33(38(2,3)4)41-37(46)51-28-14-10-11-15-28/h6-9,12-13,16-20,27-28,30,32-33H,1,10-11,14-15,21-24H2,2-5H3,(H,41,46)(H,42,44)(H,47,48)/t27-,30-,32+,33?,39+/m1/s1. The molecular weight excluding hydrogens is 683 g/mol. The number of alkyl carbamates (subject to hydrolysis) is 1. The van der Waals surface area contributed by atoms with Gasteiger partial charge in [-0.25, -0.2) is 9.78 Å². The molecule has 52 heavy (non-hydrogen) atoms. The molecule has 2 unspecified atom stereocenters. The molecule has 2 saturated carbocycles. The van der Waals surface area contributed by atoms with Crippen molar-refractivity contribution in [3.05, 3.63) is 79.0 Å². The van der Waals surface area contributed by atoms with Gasteiger partial charge in [-0.05, 0) is 72.7 Å². The van der Waals surface area contributed by atoms with Crippen LogP contribution in [0.4, 0.5) is 4.79 Å². The highest BCUT2D eigenvalue weighted by Crippen LogP contribution is 2.70. The molecule has 3 aliphatic rings. The zero-order valence-corrected chi connectivity index (χ0v) is 31.1. The number of nitrogens with zero attached hydrogens (tertiary/aromatic N) is 2. The Balaban J connectivity index is 1.29. The summed E-state index contributed by atoms with van der Waals surface area (Å²) in [5, 5.41) is 5.87. The van der Waals surface area contributed by atoms with Gasteiger partial charge in [-0.15, -0.1) is 6.58 Å². The zero-order chi connectivity index (χ0) is 37.3. The van der Waals surface area contributed by atoms with E-state index >= 15 is 0 Å². The molecule has 1 aromatic heterocycles. The van der Waals surface area contributed by atoms with Gasteiger partial charge >= 0.3 is 6.09 Å². The van der Waals surface area contributed by atoms with Crippen molar-refractivity contribution in [1.29, 1.82) is 0 Å². The van der Waals surface area contributed by atoms with Gasteiger partial charge in [0.25, 0.3) is 0 Å². The molecule has 1 aliphatic heterocycles. The Hall–Kier alpha value is -4.41. The van der Waals surface area contributed by atoms with Gasteiger partial charge < -0.3 is 34.6 Å². The third-order valence-corrected chi connectivity index (χ3v) is 13.2. The SMILES string of the molecule is C=C[C@@H]1C[C@]1(NC(=O)[C@@H]1C[C@@H](Oc2nccc3cc(OC)ccc23)CN1C(=O)C(NC(=O)OC1CCCC1)C(C)(C)C)P(=O)(O)Cc1ccccc1. The predicted octanol–water partition coefficient (Wildman–Crippen LogP) is 6.16. The number of pyridine rings is 1. The van der Waals surface area contributed by atoms with Gasteiger partial charge in [0.2, 0.25) is 25.1 Å². The van der Waals surface area contributed by atoms with E-state index in [4.69, 9.17) is 14.2 Å². The summed E-state index contributed by atoms with van der Waals surface area (Å²) in [7, 11) is -2.44. The van der Waals surface area contributed by atoms with Crippen LogP contribution in [0.15, 0.2) is 73.4 Å². The molecule has 12 nitrogen and oxygen atoms in total. The second-order valence-corrected chi connectivity index (χ2v) is 17.8. The maximum atomic E-state index is 14.6. The minimum absolute atomic E-state index is 0.00969. The highest BCUT2D eigenvalue weighted by atomic mass is 31.2. The van der Waals surface area contributed by atoms with Crippen LogP contribution in [0.25, 0.3) is 10.8 Å². The molecule has 0 radical (unpaired) electrons. The summed E-state index contributed by atoms with van der Waals surface area (Å²) < 4.78 is 31.6. The van der Waals surface area contributed by atoms with Crippen LogP contribution >= 0.6 is 7.37 Å². The largest absolute Gasteiger partial charge is 0.497 e. The van der Waals surface area contributed by atoms with Crippen molar-refractivity contribution >= 4 is 36.0 Å². The number of rotatable bonds is 12. The summed E-state index contributed by atoms with van der Waals surface area (Å²) in [6.45, 7) is 9.37. The molecule has 1 saturated heterocycles. The third kappa shape index (κ3) is 7.83. The van der Waals surface area contributed by atoms with E-state index in [-0.39, 0.29) is 31.7 Å². The lowest BCUT2D eigenvalue weighted by molar-refractivity contribution is -0.142. The maximum Gasteiger partial charge on any atom is 0.408 e. The molecule has 2 aliphatic carbocycles. The summed E-state index contributed by atoms with van der Waals surface area (Å²) in [5.41, 5.74) is -0.0870. The van der Waals surface area contributed by atoms with Crippen LogP contribution in [0.2, 0.25) is 0 Å². The van der Waals surface area contributed by atoms with E-state index in [0.29, 0.717) is 17.2 Å². The predicted molar refractivity (Wildman–Crippen MR) is 197 cm³/mol. The van der Waals surface area contributed by atoms with Gasteiger partial charge in [-0.2, -0.15) is 0 Å². The molecule has 278 valence electrons. The maximum absolute atomic E-state index is 14.6. The molecule has 13 heteroatoms. The molecular formula is C39H49N4O8P. The Morgan fingerprint density at radius 3 is 2.50 bits per heavy atom. The molecule has 3 aromatic rings. The first-order valence-electron chi connectivity index (χ1n) is 17.9. The number of benzene rings is 2. The Morgan fingerprint density at radius 1 is 1.12 bits per heavy atom. The lowest BCUT2D eigenvalue weighted by Crippen LogP contribution is -2.58. The second-order valence-electron chi connectivity index (χ2n) is 15.2. The van der Waals surface area contributed by atoms with Crippen molar-refractivity contribution < 1.29 is 38.1 Å². The van der Waals surface area contributed by atoms with Crippen LogP contribution in [-0.4, -0.2) is 75.9 Å². The Labute approximate surface area is 304 Å². The van der Waals surface area contributed by atoms with Gasteiger partial charge in [0.1, 0.15) is 35.3 Å². The number of carbonyl (C=O) groups is 3. The van der Waals surface area contributed by atoms with Gasteiger partial charge in [0.15, 0.2) is 0 Å². The molecule has 0 bridgehead atoms. The minimum Gasteiger partial charge on any atom is -0.497 e. The zero-order valence-electron chi connectivity index (χ0n) is 30.2. The number of methoxy groups -OCH3 is 1. The fourth-order valence-electron chi connectivity index (χ4n) is 7.46. The van der Waals surface area contributed by atoms with Crippen LogP contribution in [0.3, 0.4) is 0 Å². The quantitative estimate of drug-likeness (QED) is 0.147. The fourth-order valence-corrected chi connectivity index (χ4v) is 9.84. The molecule has 3 amide bonds. The number of hydrogen-bond acceptors (Lipinski definition) is 8. The highest BCUT2D eigenvalue weighted by Gasteiger charge is 2.65. The minimum atomic E-state index is -4.03. The van der Waals surface area contributed by atoms with E-state index < -0.39 is 60.1 Å². The number of aromatic nitrogens is 1. The summed E-state index contributed by atoms with van der Waals surface area (Å²) in [6.07, 6.45) is 5.35. The molecule has 6 rings (SSSR count). The number of fused-ring (bicyclic) bond motifs is 1. The van der Waals surface area contributed by atoms with Crippen LogP contribution in [0, 0.1) is 11.3 Å². The number of likely N-dealkylation sites (tertiary alicyclic amines) is 1. The molecule has 3 fully saturated rings. The van der Waals surface area contributed by atoms with E-state index in [2.05, 4.69) is 22.2 Å². The monoisotopic (exact) mass is 732 g/mol. The fraction of sp³-hybridized carbons (Fsp3) is 0.487. The van der Waals surface area contributed by atoms with E-state index in [1.54, 1.807) is 49.7 Å². The molecule has 0 spiro atoms. The number of hydrogen-bond donors (Lipinski definition) is 3. The Kier molecular flexibility index (Phi) is 10.7. The number of nitrogens with one attached hydrogen (secondary N) is 2. The van der Waals surface area contributed by atoms with E-state index in [9.17, 15) is 23.8 Å². The van der Waals surface area contributed by atoms with E-state index in [1.165, 1.54) is 4.90 Å². The van der Waals surface area contributed by atoms with Crippen molar-refractivity contribution in [3.63, 3.8) is 0 Å². The average Bonchev–Trinajstić information content (AvgIpc) is 3.37. The topological polar surface area (TPSA) is 156 Å². The smallest absolute Gasteiger partial charge is 0.408 e. The molecule has 2 heterocycles. The summed E-state index contributed by atoms with van der Waals surface area (Å²) in [6, 6.07) is 14.2. The summed E-state index contributed by atoms with van der Waals surface area (Å²) in [5.74, 6) is -0.495. The van der Waals surface area contributed by atoms with Crippen molar-refractivity contribution in [1.82, 2.24) is 20.5 Å². The average molecular weight is 733 g/mol. The Morgan fingerprint density at radius 2 is 1.85 bits per heavy atom. The first-order chi connectivity index (χ1) is 24.7. The second kappa shape index (κ2) is 14.9. The summed E-state index contributed by atoms with van der Waals surface area (Å²) >= 11 is 0. The van der Waals surface area contributed by atoms with Gasteiger partial charge in [0, 0.05) is 23.9 Å².